The highest BCUT2D eigenvalue weighted by Crippen LogP contribution is 2.36. The molecule has 80 valence electrons. The van der Waals surface area contributed by atoms with E-state index in [1.54, 1.807) is 12.4 Å². The SMILES string of the molecule is CC1(C)N=Cc2cccnc2-c2cnoc21. The first kappa shape index (κ1) is 9.27. The van der Waals surface area contributed by atoms with Crippen LogP contribution < -0.4 is 0 Å². The number of aliphatic imine (C=N–C) groups is 1. The van der Waals surface area contributed by atoms with E-state index in [0.29, 0.717) is 0 Å². The van der Waals surface area contributed by atoms with Gasteiger partial charge in [0.15, 0.2) is 5.76 Å². The minimum absolute atomic E-state index is 0.396. The van der Waals surface area contributed by atoms with Crippen molar-refractivity contribution in [2.24, 2.45) is 4.99 Å². The molecule has 0 unspecified atom stereocenters. The quantitative estimate of drug-likeness (QED) is 0.675. The van der Waals surface area contributed by atoms with Crippen LogP contribution >= 0.6 is 0 Å². The predicted octanol–water partition coefficient (Wildman–Crippen LogP) is 2.40. The molecule has 0 amide bonds. The molecule has 3 rings (SSSR count). The molecule has 0 saturated carbocycles. The van der Waals surface area contributed by atoms with Gasteiger partial charge in [0.25, 0.3) is 0 Å². The Hall–Kier alpha value is -1.97. The fraction of sp³-hybridized carbons (Fsp3) is 0.250. The summed E-state index contributed by atoms with van der Waals surface area (Å²) in [4.78, 5) is 8.88. The van der Waals surface area contributed by atoms with Crippen LogP contribution in [0.3, 0.4) is 0 Å². The van der Waals surface area contributed by atoms with Crippen LogP contribution in [0.5, 0.6) is 0 Å². The average molecular weight is 213 g/mol. The Morgan fingerprint density at radius 3 is 3.06 bits per heavy atom. The lowest BCUT2D eigenvalue weighted by Gasteiger charge is -2.14. The normalized spacial score (nSPS) is 16.4. The van der Waals surface area contributed by atoms with Gasteiger partial charge in [-0.15, -0.1) is 0 Å². The van der Waals surface area contributed by atoms with Gasteiger partial charge in [-0.05, 0) is 26.0 Å². The molecule has 0 radical (unpaired) electrons. The summed E-state index contributed by atoms with van der Waals surface area (Å²) in [7, 11) is 0. The molecule has 0 aliphatic carbocycles. The monoisotopic (exact) mass is 213 g/mol. The third-order valence-electron chi connectivity index (χ3n) is 2.75. The van der Waals surface area contributed by atoms with Crippen LogP contribution in [0.25, 0.3) is 11.3 Å². The smallest absolute Gasteiger partial charge is 0.173 e. The number of hydrogen-bond donors (Lipinski definition) is 0. The second-order valence-corrected chi connectivity index (χ2v) is 4.33. The van der Waals surface area contributed by atoms with E-state index in [0.717, 1.165) is 22.6 Å². The predicted molar refractivity (Wildman–Crippen MR) is 60.4 cm³/mol. The van der Waals surface area contributed by atoms with Crippen molar-refractivity contribution in [3.63, 3.8) is 0 Å². The van der Waals surface area contributed by atoms with Gasteiger partial charge in [0.2, 0.25) is 0 Å². The summed E-state index contributed by atoms with van der Waals surface area (Å²) in [6.45, 7) is 4.00. The first-order valence-electron chi connectivity index (χ1n) is 5.14. The van der Waals surface area contributed by atoms with Gasteiger partial charge in [0, 0.05) is 18.0 Å². The second kappa shape index (κ2) is 3.01. The van der Waals surface area contributed by atoms with Gasteiger partial charge >= 0.3 is 0 Å². The van der Waals surface area contributed by atoms with Crippen LogP contribution in [0, 0.1) is 0 Å². The van der Waals surface area contributed by atoms with E-state index in [2.05, 4.69) is 15.1 Å². The molecular weight excluding hydrogens is 202 g/mol. The molecule has 0 spiro atoms. The first-order chi connectivity index (χ1) is 7.68. The lowest BCUT2D eigenvalue weighted by molar-refractivity contribution is 0.324. The van der Waals surface area contributed by atoms with E-state index >= 15 is 0 Å². The number of rotatable bonds is 0. The first-order valence-corrected chi connectivity index (χ1v) is 5.14. The highest BCUT2D eigenvalue weighted by Gasteiger charge is 2.31. The zero-order chi connectivity index (χ0) is 11.2. The van der Waals surface area contributed by atoms with E-state index in [-0.39, 0.29) is 0 Å². The molecule has 0 N–H and O–H groups in total. The number of pyridine rings is 1. The molecule has 0 fully saturated rings. The van der Waals surface area contributed by atoms with Crippen molar-refractivity contribution in [3.8, 4) is 11.3 Å². The largest absolute Gasteiger partial charge is 0.358 e. The van der Waals surface area contributed by atoms with E-state index in [1.165, 1.54) is 0 Å². The van der Waals surface area contributed by atoms with Gasteiger partial charge in [0.05, 0.1) is 17.5 Å². The van der Waals surface area contributed by atoms with Crippen LogP contribution in [0.2, 0.25) is 0 Å². The van der Waals surface area contributed by atoms with E-state index in [1.807, 2.05) is 32.2 Å². The van der Waals surface area contributed by atoms with Crippen molar-refractivity contribution in [2.45, 2.75) is 19.4 Å². The van der Waals surface area contributed by atoms with E-state index in [4.69, 9.17) is 4.52 Å². The maximum atomic E-state index is 5.30. The second-order valence-electron chi connectivity index (χ2n) is 4.33. The minimum Gasteiger partial charge on any atom is -0.358 e. The minimum atomic E-state index is -0.396. The van der Waals surface area contributed by atoms with Gasteiger partial charge in [0.1, 0.15) is 5.54 Å². The molecule has 1 aliphatic heterocycles. The van der Waals surface area contributed by atoms with Gasteiger partial charge < -0.3 is 4.52 Å². The van der Waals surface area contributed by atoms with Gasteiger partial charge in [-0.25, -0.2) is 0 Å². The maximum Gasteiger partial charge on any atom is 0.173 e. The highest BCUT2D eigenvalue weighted by atomic mass is 16.5. The lowest BCUT2D eigenvalue weighted by Crippen LogP contribution is -2.12. The average Bonchev–Trinajstić information content (AvgIpc) is 2.73. The van der Waals surface area contributed by atoms with Crippen molar-refractivity contribution < 1.29 is 4.52 Å². The zero-order valence-corrected chi connectivity index (χ0v) is 9.14. The molecule has 3 heterocycles. The van der Waals surface area contributed by atoms with Crippen molar-refractivity contribution in [1.29, 1.82) is 0 Å². The van der Waals surface area contributed by atoms with Crippen molar-refractivity contribution in [2.75, 3.05) is 0 Å². The number of fused-ring (bicyclic) bond motifs is 3. The van der Waals surface area contributed by atoms with E-state index in [9.17, 15) is 0 Å². The van der Waals surface area contributed by atoms with Crippen molar-refractivity contribution in [3.05, 3.63) is 35.9 Å². The van der Waals surface area contributed by atoms with Crippen LogP contribution in [-0.4, -0.2) is 16.4 Å². The summed E-state index contributed by atoms with van der Waals surface area (Å²) in [6, 6.07) is 3.89. The van der Waals surface area contributed by atoms with Crippen molar-refractivity contribution in [1.82, 2.24) is 10.1 Å². The molecule has 2 aromatic heterocycles. The molecule has 0 atom stereocenters. The fourth-order valence-corrected chi connectivity index (χ4v) is 1.89. The standard InChI is InChI=1S/C12H11N3O/c1-12(2)11-9(7-15-16-11)10-8(6-14-12)4-3-5-13-10/h3-7H,1-2H3. The summed E-state index contributed by atoms with van der Waals surface area (Å²) in [5.74, 6) is 0.765. The highest BCUT2D eigenvalue weighted by molar-refractivity contribution is 5.90. The van der Waals surface area contributed by atoms with Crippen LogP contribution in [0.15, 0.2) is 34.0 Å². The number of nitrogens with zero attached hydrogens (tertiary/aromatic N) is 3. The molecule has 0 aromatic carbocycles. The van der Waals surface area contributed by atoms with Gasteiger partial charge in [-0.2, -0.15) is 0 Å². The molecule has 1 aliphatic rings. The maximum absolute atomic E-state index is 5.30. The van der Waals surface area contributed by atoms with Crippen LogP contribution in [-0.2, 0) is 5.54 Å². The third kappa shape index (κ3) is 1.19. The molecule has 2 aromatic rings. The van der Waals surface area contributed by atoms with Crippen LogP contribution in [0.4, 0.5) is 0 Å². The fourth-order valence-electron chi connectivity index (χ4n) is 1.89. The Morgan fingerprint density at radius 1 is 1.31 bits per heavy atom. The Balaban J connectivity index is 2.36. The summed E-state index contributed by atoms with van der Waals surface area (Å²) < 4.78 is 5.30. The Kier molecular flexibility index (Phi) is 1.74. The Labute approximate surface area is 93.0 Å². The molecule has 4 nitrogen and oxygen atoms in total. The summed E-state index contributed by atoms with van der Waals surface area (Å²) >= 11 is 0. The van der Waals surface area contributed by atoms with E-state index < -0.39 is 5.54 Å². The van der Waals surface area contributed by atoms with Gasteiger partial charge in [-0.1, -0.05) is 5.16 Å². The molecule has 0 saturated heterocycles. The number of hydrogen-bond acceptors (Lipinski definition) is 4. The zero-order valence-electron chi connectivity index (χ0n) is 9.14. The van der Waals surface area contributed by atoms with Gasteiger partial charge in [-0.3, -0.25) is 9.98 Å². The summed E-state index contributed by atoms with van der Waals surface area (Å²) in [6.07, 6.45) is 5.32. The molecule has 4 heteroatoms. The lowest BCUT2D eigenvalue weighted by atomic mass is 9.98. The Bertz CT molecular complexity index is 569. The third-order valence-corrected chi connectivity index (χ3v) is 2.75. The summed E-state index contributed by atoms with van der Waals surface area (Å²) in [5.41, 5.74) is 2.41. The molecule has 16 heavy (non-hydrogen) atoms. The number of aromatic nitrogens is 2. The van der Waals surface area contributed by atoms with Crippen LogP contribution in [0.1, 0.15) is 25.2 Å². The Morgan fingerprint density at radius 2 is 2.19 bits per heavy atom. The summed E-state index contributed by atoms with van der Waals surface area (Å²) in [5, 5.41) is 3.85. The topological polar surface area (TPSA) is 51.3 Å². The molecular formula is C12H11N3O. The van der Waals surface area contributed by atoms with Crippen molar-refractivity contribution >= 4 is 6.21 Å². The molecule has 0 bridgehead atoms.